The second-order valence-corrected chi connectivity index (χ2v) is 8.03. The lowest BCUT2D eigenvalue weighted by atomic mass is 9.77. The van der Waals surface area contributed by atoms with Crippen molar-refractivity contribution in [3.05, 3.63) is 0 Å². The van der Waals surface area contributed by atoms with Gasteiger partial charge in [0.1, 0.15) is 0 Å². The minimum absolute atomic E-state index is 0.314. The largest absolute Gasteiger partial charge is 0.341 e. The number of carbonyl (C=O) groups excluding carboxylic acids is 1. The van der Waals surface area contributed by atoms with Crippen LogP contribution in [0.25, 0.3) is 0 Å². The van der Waals surface area contributed by atoms with Gasteiger partial charge in [-0.15, -0.1) is 0 Å². The molecule has 0 saturated carbocycles. The summed E-state index contributed by atoms with van der Waals surface area (Å²) in [5.74, 6) is 1.57. The molecule has 1 N–H and O–H groups in total. The van der Waals surface area contributed by atoms with E-state index >= 15 is 0 Å². The molecule has 1 aliphatic heterocycles. The highest BCUT2D eigenvalue weighted by atomic mass is 16.2. The summed E-state index contributed by atoms with van der Waals surface area (Å²) < 4.78 is 0. The fourth-order valence-electron chi connectivity index (χ4n) is 3.17. The summed E-state index contributed by atoms with van der Waals surface area (Å²) in [6.07, 6.45) is 4.06. The van der Waals surface area contributed by atoms with E-state index in [1.54, 1.807) is 0 Å². The van der Waals surface area contributed by atoms with Crippen molar-refractivity contribution >= 4 is 5.91 Å². The van der Waals surface area contributed by atoms with Crippen LogP contribution in [0.1, 0.15) is 67.2 Å². The molecule has 0 bridgehead atoms. The minimum Gasteiger partial charge on any atom is -0.341 e. The molecular weight excluding hydrogens is 260 g/mol. The number of nitrogens with zero attached hydrogens (tertiary/aromatic N) is 1. The second-order valence-electron chi connectivity index (χ2n) is 8.03. The Kier molecular flexibility index (Phi) is 7.19. The predicted octanol–water partition coefficient (Wildman–Crippen LogP) is 3.69. The maximum absolute atomic E-state index is 12.4. The van der Waals surface area contributed by atoms with Crippen molar-refractivity contribution in [1.82, 2.24) is 10.2 Å². The Balaban J connectivity index is 2.62. The van der Waals surface area contributed by atoms with Gasteiger partial charge in [0, 0.05) is 25.6 Å². The van der Waals surface area contributed by atoms with Crippen LogP contribution in [0.3, 0.4) is 0 Å². The van der Waals surface area contributed by atoms with E-state index in [2.05, 4.69) is 51.8 Å². The number of nitrogens with one attached hydrogen (secondary N) is 1. The summed E-state index contributed by atoms with van der Waals surface area (Å²) in [5.41, 5.74) is 0.314. The van der Waals surface area contributed by atoms with Gasteiger partial charge in [-0.3, -0.25) is 4.79 Å². The van der Waals surface area contributed by atoms with E-state index < -0.39 is 0 Å². The fraction of sp³-hybridized carbons (Fsp3) is 0.944. The Morgan fingerprint density at radius 1 is 1.29 bits per heavy atom. The van der Waals surface area contributed by atoms with Crippen molar-refractivity contribution < 1.29 is 4.79 Å². The monoisotopic (exact) mass is 296 g/mol. The molecule has 0 aromatic carbocycles. The lowest BCUT2D eigenvalue weighted by Crippen LogP contribution is -2.46. The quantitative estimate of drug-likeness (QED) is 0.811. The third-order valence-corrected chi connectivity index (χ3v) is 4.91. The normalized spacial score (nSPS) is 22.5. The van der Waals surface area contributed by atoms with Crippen molar-refractivity contribution in [3.63, 3.8) is 0 Å². The molecule has 3 nitrogen and oxygen atoms in total. The third-order valence-electron chi connectivity index (χ3n) is 4.91. The lowest BCUT2D eigenvalue weighted by molar-refractivity contribution is -0.131. The summed E-state index contributed by atoms with van der Waals surface area (Å²) >= 11 is 0. The Hall–Kier alpha value is -0.570. The molecule has 1 rings (SSSR count). The summed E-state index contributed by atoms with van der Waals surface area (Å²) in [6.45, 7) is 16.4. The van der Waals surface area contributed by atoms with E-state index in [9.17, 15) is 4.79 Å². The molecule has 2 unspecified atom stereocenters. The van der Waals surface area contributed by atoms with Gasteiger partial charge >= 0.3 is 0 Å². The Morgan fingerprint density at radius 2 is 1.95 bits per heavy atom. The molecule has 1 aliphatic rings. The molecule has 1 fully saturated rings. The minimum atomic E-state index is 0.314. The number of rotatable bonds is 6. The first-order chi connectivity index (χ1) is 9.75. The first kappa shape index (κ1) is 18.5. The van der Waals surface area contributed by atoms with Gasteiger partial charge < -0.3 is 10.2 Å². The van der Waals surface area contributed by atoms with Gasteiger partial charge in [0.2, 0.25) is 5.91 Å². The van der Waals surface area contributed by atoms with Gasteiger partial charge in [0.15, 0.2) is 0 Å². The highest BCUT2D eigenvalue weighted by molar-refractivity contribution is 5.76. The average Bonchev–Trinajstić information content (AvgIpc) is 2.56. The molecule has 0 spiro atoms. The topological polar surface area (TPSA) is 32.3 Å². The van der Waals surface area contributed by atoms with E-state index in [0.717, 1.165) is 45.3 Å². The molecule has 1 amide bonds. The van der Waals surface area contributed by atoms with Crippen LogP contribution in [-0.4, -0.2) is 36.5 Å². The SMILES string of the molecule is CCCNC(CN1CCC(C(C)(C)C)CCC1=O)C(C)C. The second kappa shape index (κ2) is 8.17. The zero-order chi connectivity index (χ0) is 16.0. The average molecular weight is 296 g/mol. The van der Waals surface area contributed by atoms with Crippen LogP contribution in [0.2, 0.25) is 0 Å². The van der Waals surface area contributed by atoms with Gasteiger partial charge in [0.05, 0.1) is 0 Å². The molecular formula is C18H36N2O. The number of amides is 1. The highest BCUT2D eigenvalue weighted by Gasteiger charge is 2.31. The van der Waals surface area contributed by atoms with Crippen molar-refractivity contribution in [2.24, 2.45) is 17.3 Å². The molecule has 0 aromatic rings. The van der Waals surface area contributed by atoms with Crippen LogP contribution < -0.4 is 5.32 Å². The molecule has 1 saturated heterocycles. The maximum atomic E-state index is 12.4. The molecule has 1 heterocycles. The summed E-state index contributed by atoms with van der Waals surface area (Å²) in [6, 6.07) is 0.417. The van der Waals surface area contributed by atoms with E-state index in [-0.39, 0.29) is 0 Å². The first-order valence-electron chi connectivity index (χ1n) is 8.76. The van der Waals surface area contributed by atoms with Crippen LogP contribution in [0.4, 0.5) is 0 Å². The molecule has 0 aromatic heterocycles. The molecule has 0 aliphatic carbocycles. The van der Waals surface area contributed by atoms with E-state index in [4.69, 9.17) is 0 Å². The van der Waals surface area contributed by atoms with Crippen molar-refractivity contribution in [2.75, 3.05) is 19.6 Å². The van der Waals surface area contributed by atoms with Crippen LogP contribution in [0.15, 0.2) is 0 Å². The lowest BCUT2D eigenvalue weighted by Gasteiger charge is -2.31. The molecule has 2 atom stereocenters. The number of carbonyl (C=O) groups is 1. The summed E-state index contributed by atoms with van der Waals surface area (Å²) in [4.78, 5) is 14.5. The van der Waals surface area contributed by atoms with Crippen LogP contribution >= 0.6 is 0 Å². The van der Waals surface area contributed by atoms with Gasteiger partial charge in [-0.05, 0) is 43.1 Å². The van der Waals surface area contributed by atoms with Crippen molar-refractivity contribution in [3.8, 4) is 0 Å². The van der Waals surface area contributed by atoms with Gasteiger partial charge in [-0.1, -0.05) is 41.5 Å². The summed E-state index contributed by atoms with van der Waals surface area (Å²) in [7, 11) is 0. The smallest absolute Gasteiger partial charge is 0.222 e. The maximum Gasteiger partial charge on any atom is 0.222 e. The zero-order valence-electron chi connectivity index (χ0n) is 15.0. The van der Waals surface area contributed by atoms with E-state index in [1.165, 1.54) is 0 Å². The number of likely N-dealkylation sites (tertiary alicyclic amines) is 1. The van der Waals surface area contributed by atoms with Gasteiger partial charge in [-0.2, -0.15) is 0 Å². The highest BCUT2D eigenvalue weighted by Crippen LogP contribution is 2.34. The molecule has 0 radical (unpaired) electrons. The van der Waals surface area contributed by atoms with Crippen LogP contribution in [0.5, 0.6) is 0 Å². The summed E-state index contributed by atoms with van der Waals surface area (Å²) in [5, 5.41) is 3.60. The molecule has 124 valence electrons. The Labute approximate surface area is 131 Å². The van der Waals surface area contributed by atoms with Crippen LogP contribution in [-0.2, 0) is 4.79 Å². The van der Waals surface area contributed by atoms with Gasteiger partial charge in [-0.25, -0.2) is 0 Å². The van der Waals surface area contributed by atoms with Crippen LogP contribution in [0, 0.1) is 17.3 Å². The van der Waals surface area contributed by atoms with Crippen molar-refractivity contribution in [1.29, 1.82) is 0 Å². The Bertz CT molecular complexity index is 320. The van der Waals surface area contributed by atoms with E-state index in [1.807, 2.05) is 0 Å². The first-order valence-corrected chi connectivity index (χ1v) is 8.76. The van der Waals surface area contributed by atoms with E-state index in [0.29, 0.717) is 29.2 Å². The zero-order valence-corrected chi connectivity index (χ0v) is 15.0. The van der Waals surface area contributed by atoms with Crippen molar-refractivity contribution in [2.45, 2.75) is 73.3 Å². The standard InChI is InChI=1S/C18H36N2O/c1-7-11-19-16(14(2)3)13-20-12-10-15(18(4,5)6)8-9-17(20)21/h14-16,19H,7-13H2,1-6H3. The fourth-order valence-corrected chi connectivity index (χ4v) is 3.17. The predicted molar refractivity (Wildman–Crippen MR) is 90.3 cm³/mol. The number of hydrogen-bond acceptors (Lipinski definition) is 2. The molecule has 3 heteroatoms. The van der Waals surface area contributed by atoms with Gasteiger partial charge in [0.25, 0.3) is 0 Å². The Morgan fingerprint density at radius 3 is 2.48 bits per heavy atom. The molecule has 21 heavy (non-hydrogen) atoms. The number of hydrogen-bond donors (Lipinski definition) is 1. The third kappa shape index (κ3) is 5.98.